The molecular formula is C15H22N2O2. The molecule has 0 radical (unpaired) electrons. The Morgan fingerprint density at radius 1 is 0.947 bits per heavy atom. The number of benzene rings is 1. The van der Waals surface area contributed by atoms with Gasteiger partial charge in [-0.3, -0.25) is 9.59 Å². The molecule has 0 unspecified atom stereocenters. The second-order valence-corrected chi connectivity index (χ2v) is 4.43. The largest absolute Gasteiger partial charge is 0.355 e. The highest BCUT2D eigenvalue weighted by Crippen LogP contribution is 2.16. The third kappa shape index (κ3) is 4.73. The smallest absolute Gasteiger partial charge is 0.237 e. The van der Waals surface area contributed by atoms with Gasteiger partial charge in [-0.1, -0.05) is 44.2 Å². The Morgan fingerprint density at radius 2 is 1.42 bits per heavy atom. The van der Waals surface area contributed by atoms with Crippen molar-refractivity contribution >= 4 is 11.8 Å². The van der Waals surface area contributed by atoms with Crippen LogP contribution in [0, 0.1) is 0 Å². The van der Waals surface area contributed by atoms with Crippen molar-refractivity contribution in [1.29, 1.82) is 0 Å². The van der Waals surface area contributed by atoms with E-state index < -0.39 is 5.92 Å². The van der Waals surface area contributed by atoms with Crippen molar-refractivity contribution in [3.05, 3.63) is 35.9 Å². The first-order valence-corrected chi connectivity index (χ1v) is 6.81. The number of carbonyl (C=O) groups is 2. The van der Waals surface area contributed by atoms with Crippen LogP contribution in [0.1, 0.15) is 38.2 Å². The van der Waals surface area contributed by atoms with Crippen molar-refractivity contribution in [2.45, 2.75) is 32.6 Å². The molecule has 0 atom stereocenters. The number of hydrogen-bond donors (Lipinski definition) is 2. The first-order chi connectivity index (χ1) is 9.20. The first kappa shape index (κ1) is 15.2. The van der Waals surface area contributed by atoms with Crippen molar-refractivity contribution in [2.75, 3.05) is 13.1 Å². The summed E-state index contributed by atoms with van der Waals surface area (Å²) in [5, 5.41) is 5.58. The normalized spacial score (nSPS) is 10.3. The maximum absolute atomic E-state index is 12.1. The second-order valence-electron chi connectivity index (χ2n) is 4.43. The second kappa shape index (κ2) is 8.29. The van der Waals surface area contributed by atoms with Gasteiger partial charge in [0.05, 0.1) is 0 Å². The van der Waals surface area contributed by atoms with Crippen molar-refractivity contribution in [2.24, 2.45) is 0 Å². The maximum Gasteiger partial charge on any atom is 0.237 e. The predicted octanol–water partition coefficient (Wildman–Crippen LogP) is 1.82. The van der Waals surface area contributed by atoms with E-state index in [1.807, 2.05) is 44.2 Å². The van der Waals surface area contributed by atoms with Gasteiger partial charge in [-0.05, 0) is 18.4 Å². The summed E-state index contributed by atoms with van der Waals surface area (Å²) in [5.41, 5.74) is 0.727. The van der Waals surface area contributed by atoms with E-state index in [0.717, 1.165) is 18.4 Å². The predicted molar refractivity (Wildman–Crippen MR) is 75.8 cm³/mol. The molecule has 2 amide bonds. The van der Waals surface area contributed by atoms with Crippen LogP contribution < -0.4 is 10.6 Å². The van der Waals surface area contributed by atoms with Gasteiger partial charge in [0.25, 0.3) is 0 Å². The Hall–Kier alpha value is -1.84. The molecule has 0 aliphatic rings. The molecule has 0 spiro atoms. The Morgan fingerprint density at radius 3 is 1.84 bits per heavy atom. The Kier molecular flexibility index (Phi) is 6.64. The molecule has 104 valence electrons. The van der Waals surface area contributed by atoms with Crippen LogP contribution in [0.2, 0.25) is 0 Å². The molecule has 0 saturated carbocycles. The third-order valence-corrected chi connectivity index (χ3v) is 2.76. The minimum Gasteiger partial charge on any atom is -0.355 e. The molecule has 0 aliphatic carbocycles. The summed E-state index contributed by atoms with van der Waals surface area (Å²) < 4.78 is 0. The van der Waals surface area contributed by atoms with Gasteiger partial charge in [0.2, 0.25) is 11.8 Å². The summed E-state index contributed by atoms with van der Waals surface area (Å²) >= 11 is 0. The highest BCUT2D eigenvalue weighted by atomic mass is 16.2. The van der Waals surface area contributed by atoms with Crippen LogP contribution in [-0.2, 0) is 9.59 Å². The lowest BCUT2D eigenvalue weighted by Crippen LogP contribution is -2.40. The molecule has 0 fully saturated rings. The Balaban J connectivity index is 2.84. The zero-order valence-electron chi connectivity index (χ0n) is 11.6. The molecule has 0 aliphatic heterocycles. The fourth-order valence-electron chi connectivity index (χ4n) is 1.77. The van der Waals surface area contributed by atoms with Crippen molar-refractivity contribution < 1.29 is 9.59 Å². The highest BCUT2D eigenvalue weighted by Gasteiger charge is 2.27. The van der Waals surface area contributed by atoms with Crippen molar-refractivity contribution in [3.63, 3.8) is 0 Å². The molecule has 1 aromatic carbocycles. The van der Waals surface area contributed by atoms with Gasteiger partial charge in [0.15, 0.2) is 0 Å². The van der Waals surface area contributed by atoms with Gasteiger partial charge < -0.3 is 10.6 Å². The number of carbonyl (C=O) groups excluding carboxylic acids is 2. The summed E-state index contributed by atoms with van der Waals surface area (Å²) in [5.74, 6) is -1.23. The zero-order chi connectivity index (χ0) is 14.1. The summed E-state index contributed by atoms with van der Waals surface area (Å²) in [6.45, 7) is 5.14. The van der Waals surface area contributed by atoms with Gasteiger partial charge in [-0.2, -0.15) is 0 Å². The summed E-state index contributed by atoms with van der Waals surface area (Å²) in [6, 6.07) is 9.16. The minimum absolute atomic E-state index is 0.235. The number of hydrogen-bond acceptors (Lipinski definition) is 2. The van der Waals surface area contributed by atoms with Gasteiger partial charge >= 0.3 is 0 Å². The monoisotopic (exact) mass is 262 g/mol. The lowest BCUT2D eigenvalue weighted by atomic mass is 9.97. The molecule has 0 heterocycles. The van der Waals surface area contributed by atoms with Gasteiger partial charge in [0, 0.05) is 13.1 Å². The van der Waals surface area contributed by atoms with Crippen LogP contribution in [0.25, 0.3) is 0 Å². The van der Waals surface area contributed by atoms with Gasteiger partial charge in [-0.15, -0.1) is 0 Å². The molecule has 1 aromatic rings. The van der Waals surface area contributed by atoms with Gasteiger partial charge in [-0.25, -0.2) is 0 Å². The van der Waals surface area contributed by atoms with E-state index >= 15 is 0 Å². The number of nitrogens with one attached hydrogen (secondary N) is 2. The van der Waals surface area contributed by atoms with Crippen LogP contribution in [0.15, 0.2) is 30.3 Å². The highest BCUT2D eigenvalue weighted by molar-refractivity contribution is 6.05. The van der Waals surface area contributed by atoms with Crippen molar-refractivity contribution in [3.8, 4) is 0 Å². The summed E-state index contributed by atoms with van der Waals surface area (Å²) in [4.78, 5) is 24.3. The quantitative estimate of drug-likeness (QED) is 0.736. The molecule has 0 saturated heterocycles. The fraction of sp³-hybridized carbons (Fsp3) is 0.467. The van der Waals surface area contributed by atoms with E-state index in [0.29, 0.717) is 13.1 Å². The summed E-state index contributed by atoms with van der Waals surface area (Å²) in [7, 11) is 0. The minimum atomic E-state index is -0.765. The molecule has 2 N–H and O–H groups in total. The fourth-order valence-corrected chi connectivity index (χ4v) is 1.77. The van der Waals surface area contributed by atoms with E-state index in [4.69, 9.17) is 0 Å². The average Bonchev–Trinajstić information content (AvgIpc) is 2.44. The van der Waals surface area contributed by atoms with Gasteiger partial charge in [0.1, 0.15) is 5.92 Å². The van der Waals surface area contributed by atoms with Crippen LogP contribution in [-0.4, -0.2) is 24.9 Å². The SMILES string of the molecule is CCCNC(=O)C(C(=O)NCCC)c1ccccc1. The Bertz CT molecular complexity index is 384. The molecule has 4 heteroatoms. The van der Waals surface area contributed by atoms with Crippen LogP contribution >= 0.6 is 0 Å². The number of amides is 2. The molecule has 0 bridgehead atoms. The zero-order valence-corrected chi connectivity index (χ0v) is 11.6. The molecule has 0 aromatic heterocycles. The Labute approximate surface area is 114 Å². The van der Waals surface area contributed by atoms with E-state index in [-0.39, 0.29) is 11.8 Å². The number of rotatable bonds is 7. The van der Waals surface area contributed by atoms with E-state index in [2.05, 4.69) is 10.6 Å². The van der Waals surface area contributed by atoms with E-state index in [9.17, 15) is 9.59 Å². The molecule has 19 heavy (non-hydrogen) atoms. The van der Waals surface area contributed by atoms with Crippen LogP contribution in [0.3, 0.4) is 0 Å². The molecular weight excluding hydrogens is 240 g/mol. The standard InChI is InChI=1S/C15H22N2O2/c1-3-10-16-14(18)13(15(19)17-11-4-2)12-8-6-5-7-9-12/h5-9,13H,3-4,10-11H2,1-2H3,(H,16,18)(H,17,19). The van der Waals surface area contributed by atoms with E-state index in [1.165, 1.54) is 0 Å². The molecule has 1 rings (SSSR count). The topological polar surface area (TPSA) is 58.2 Å². The lowest BCUT2D eigenvalue weighted by Gasteiger charge is -2.16. The molecule has 4 nitrogen and oxygen atoms in total. The maximum atomic E-state index is 12.1. The van der Waals surface area contributed by atoms with Crippen LogP contribution in [0.4, 0.5) is 0 Å². The summed E-state index contributed by atoms with van der Waals surface area (Å²) in [6.07, 6.45) is 1.70. The first-order valence-electron chi connectivity index (χ1n) is 6.81. The average molecular weight is 262 g/mol. The third-order valence-electron chi connectivity index (χ3n) is 2.76. The lowest BCUT2D eigenvalue weighted by molar-refractivity contribution is -0.131. The van der Waals surface area contributed by atoms with Crippen LogP contribution in [0.5, 0.6) is 0 Å². The van der Waals surface area contributed by atoms with E-state index in [1.54, 1.807) is 0 Å². The van der Waals surface area contributed by atoms with Crippen molar-refractivity contribution in [1.82, 2.24) is 10.6 Å².